The first-order valence-corrected chi connectivity index (χ1v) is 5.93. The first-order chi connectivity index (χ1) is 8.89. The van der Waals surface area contributed by atoms with Crippen LogP contribution in [-0.2, 0) is 0 Å². The Balaban J connectivity index is 2.33. The Labute approximate surface area is 108 Å². The summed E-state index contributed by atoms with van der Waals surface area (Å²) in [6, 6.07) is 1.47. The van der Waals surface area contributed by atoms with E-state index in [0.717, 1.165) is 12.1 Å². The van der Waals surface area contributed by atoms with Crippen molar-refractivity contribution in [3.8, 4) is 11.5 Å². The van der Waals surface area contributed by atoms with Gasteiger partial charge in [0.05, 0.1) is 0 Å². The molecule has 1 aliphatic heterocycles. The van der Waals surface area contributed by atoms with Gasteiger partial charge >= 0.3 is 6.18 Å². The van der Waals surface area contributed by atoms with Crippen LogP contribution in [0.2, 0.25) is 0 Å². The van der Waals surface area contributed by atoms with E-state index in [2.05, 4.69) is 5.32 Å². The molecule has 1 saturated heterocycles. The lowest BCUT2D eigenvalue weighted by Crippen LogP contribution is -2.49. The molecule has 1 aromatic carbocycles. The minimum atomic E-state index is -4.43. The lowest BCUT2D eigenvalue weighted by Gasteiger charge is -2.36. The molecule has 0 aromatic heterocycles. The summed E-state index contributed by atoms with van der Waals surface area (Å²) < 4.78 is 39.6. The number of nitrogens with zero attached hydrogens (tertiary/aromatic N) is 1. The summed E-state index contributed by atoms with van der Waals surface area (Å²) in [6.45, 7) is 1.56. The molecule has 1 atom stereocenters. The number of phenolic OH excluding ortho intramolecular Hbond substituents is 2. The predicted molar refractivity (Wildman–Crippen MR) is 63.0 cm³/mol. The fraction of sp³-hybridized carbons (Fsp3) is 0.500. The minimum absolute atomic E-state index is 0.0651. The maximum absolute atomic E-state index is 13.2. The van der Waals surface area contributed by atoms with E-state index in [1.165, 1.54) is 11.0 Å². The Kier molecular flexibility index (Phi) is 3.86. The standard InChI is InChI=1S/C12H15F3N2O2/c13-12(14,15)11(17-5-3-16-4-6-17)8-1-2-9(18)10(19)7-8/h1-2,7,11,16,18-19H,3-6H2/t11-/m0/s1. The van der Waals surface area contributed by atoms with Crippen molar-refractivity contribution in [1.82, 2.24) is 10.2 Å². The molecule has 0 amide bonds. The molecule has 2 rings (SSSR count). The third kappa shape index (κ3) is 3.10. The number of alkyl halides is 3. The summed E-state index contributed by atoms with van der Waals surface area (Å²) in [5, 5.41) is 21.5. The second-order valence-corrected chi connectivity index (χ2v) is 4.48. The van der Waals surface area contributed by atoms with Crippen LogP contribution in [0.1, 0.15) is 11.6 Å². The van der Waals surface area contributed by atoms with Crippen LogP contribution in [-0.4, -0.2) is 47.5 Å². The van der Waals surface area contributed by atoms with Gasteiger partial charge < -0.3 is 15.5 Å². The van der Waals surface area contributed by atoms with Crippen molar-refractivity contribution in [3.05, 3.63) is 23.8 Å². The maximum atomic E-state index is 13.2. The van der Waals surface area contributed by atoms with Gasteiger partial charge in [-0.15, -0.1) is 0 Å². The summed E-state index contributed by atoms with van der Waals surface area (Å²) in [7, 11) is 0. The highest BCUT2D eigenvalue weighted by Crippen LogP contribution is 2.40. The Bertz CT molecular complexity index is 445. The topological polar surface area (TPSA) is 55.7 Å². The van der Waals surface area contributed by atoms with Gasteiger partial charge in [-0.05, 0) is 17.7 Å². The zero-order chi connectivity index (χ0) is 14.0. The molecule has 0 bridgehead atoms. The van der Waals surface area contributed by atoms with Gasteiger partial charge in [0.1, 0.15) is 6.04 Å². The van der Waals surface area contributed by atoms with Crippen molar-refractivity contribution >= 4 is 0 Å². The molecule has 106 valence electrons. The summed E-state index contributed by atoms with van der Waals surface area (Å²) in [6.07, 6.45) is -4.43. The van der Waals surface area contributed by atoms with E-state index >= 15 is 0 Å². The number of rotatable bonds is 2. The third-order valence-electron chi connectivity index (χ3n) is 3.14. The summed E-state index contributed by atoms with van der Waals surface area (Å²) in [5.41, 5.74) is -0.0651. The summed E-state index contributed by atoms with van der Waals surface area (Å²) in [4.78, 5) is 1.32. The molecule has 1 aliphatic rings. The molecule has 19 heavy (non-hydrogen) atoms. The van der Waals surface area contributed by atoms with Crippen molar-refractivity contribution in [2.75, 3.05) is 26.2 Å². The van der Waals surface area contributed by atoms with E-state index < -0.39 is 23.7 Å². The highest BCUT2D eigenvalue weighted by atomic mass is 19.4. The lowest BCUT2D eigenvalue weighted by atomic mass is 10.0. The van der Waals surface area contributed by atoms with Gasteiger partial charge in [0.25, 0.3) is 0 Å². The number of nitrogens with one attached hydrogen (secondary N) is 1. The van der Waals surface area contributed by atoms with Gasteiger partial charge in [-0.25, -0.2) is 0 Å². The molecule has 0 spiro atoms. The van der Waals surface area contributed by atoms with Crippen LogP contribution in [0.4, 0.5) is 13.2 Å². The van der Waals surface area contributed by atoms with Crippen LogP contribution in [0.3, 0.4) is 0 Å². The van der Waals surface area contributed by atoms with Crippen LogP contribution in [0.5, 0.6) is 11.5 Å². The fourth-order valence-corrected chi connectivity index (χ4v) is 2.26. The molecular weight excluding hydrogens is 261 g/mol. The monoisotopic (exact) mass is 276 g/mol. The minimum Gasteiger partial charge on any atom is -0.504 e. The zero-order valence-electron chi connectivity index (χ0n) is 10.1. The molecule has 0 unspecified atom stereocenters. The van der Waals surface area contributed by atoms with Crippen molar-refractivity contribution in [2.45, 2.75) is 12.2 Å². The van der Waals surface area contributed by atoms with E-state index in [0.29, 0.717) is 13.1 Å². The van der Waals surface area contributed by atoms with E-state index in [1.54, 1.807) is 0 Å². The average molecular weight is 276 g/mol. The summed E-state index contributed by atoms with van der Waals surface area (Å²) >= 11 is 0. The average Bonchev–Trinajstić information content (AvgIpc) is 2.34. The van der Waals surface area contributed by atoms with E-state index in [-0.39, 0.29) is 18.7 Å². The van der Waals surface area contributed by atoms with Crippen molar-refractivity contribution in [2.24, 2.45) is 0 Å². The second kappa shape index (κ2) is 5.26. The van der Waals surface area contributed by atoms with Crippen molar-refractivity contribution in [3.63, 3.8) is 0 Å². The quantitative estimate of drug-likeness (QED) is 0.718. The van der Waals surface area contributed by atoms with Gasteiger partial charge in [0.2, 0.25) is 0 Å². The number of hydrogen-bond acceptors (Lipinski definition) is 4. The van der Waals surface area contributed by atoms with Gasteiger partial charge in [-0.1, -0.05) is 6.07 Å². The van der Waals surface area contributed by atoms with E-state index in [9.17, 15) is 23.4 Å². The highest BCUT2D eigenvalue weighted by Gasteiger charge is 2.45. The Morgan fingerprint density at radius 1 is 1.11 bits per heavy atom. The van der Waals surface area contributed by atoms with Crippen molar-refractivity contribution < 1.29 is 23.4 Å². The molecule has 0 saturated carbocycles. The molecule has 4 nitrogen and oxygen atoms in total. The second-order valence-electron chi connectivity index (χ2n) is 4.48. The number of phenols is 2. The maximum Gasteiger partial charge on any atom is 0.408 e. The summed E-state index contributed by atoms with van der Waals surface area (Å²) in [5.74, 6) is -0.966. The SMILES string of the molecule is Oc1ccc([C@H](N2CCNCC2)C(F)(F)F)cc1O. The zero-order valence-corrected chi connectivity index (χ0v) is 10.1. The number of piperazine rings is 1. The fourth-order valence-electron chi connectivity index (χ4n) is 2.26. The smallest absolute Gasteiger partial charge is 0.408 e. The Morgan fingerprint density at radius 2 is 1.74 bits per heavy atom. The molecule has 7 heteroatoms. The Morgan fingerprint density at radius 3 is 2.26 bits per heavy atom. The highest BCUT2D eigenvalue weighted by molar-refractivity contribution is 5.42. The third-order valence-corrected chi connectivity index (χ3v) is 3.14. The van der Waals surface area contributed by atoms with Crippen LogP contribution >= 0.6 is 0 Å². The molecule has 1 fully saturated rings. The Hall–Kier alpha value is -1.47. The first kappa shape index (κ1) is 14.0. The van der Waals surface area contributed by atoms with Crippen LogP contribution < -0.4 is 5.32 Å². The van der Waals surface area contributed by atoms with Gasteiger partial charge in [-0.2, -0.15) is 13.2 Å². The number of benzene rings is 1. The molecule has 3 N–H and O–H groups in total. The lowest BCUT2D eigenvalue weighted by molar-refractivity contribution is -0.187. The van der Waals surface area contributed by atoms with E-state index in [4.69, 9.17) is 0 Å². The number of halogens is 3. The number of aromatic hydroxyl groups is 2. The largest absolute Gasteiger partial charge is 0.504 e. The van der Waals surface area contributed by atoms with Gasteiger partial charge in [0, 0.05) is 26.2 Å². The molecule has 1 heterocycles. The van der Waals surface area contributed by atoms with Crippen LogP contribution in [0, 0.1) is 0 Å². The number of hydrogen-bond donors (Lipinski definition) is 3. The molecular formula is C12H15F3N2O2. The van der Waals surface area contributed by atoms with Gasteiger partial charge in [0.15, 0.2) is 11.5 Å². The van der Waals surface area contributed by atoms with Crippen LogP contribution in [0.15, 0.2) is 18.2 Å². The predicted octanol–water partition coefficient (Wildman–Crippen LogP) is 1.61. The van der Waals surface area contributed by atoms with E-state index in [1.807, 2.05) is 0 Å². The van der Waals surface area contributed by atoms with Gasteiger partial charge in [-0.3, -0.25) is 4.90 Å². The normalized spacial score (nSPS) is 19.3. The molecule has 1 aromatic rings. The van der Waals surface area contributed by atoms with Crippen LogP contribution in [0.25, 0.3) is 0 Å². The first-order valence-electron chi connectivity index (χ1n) is 5.93. The molecule has 0 aliphatic carbocycles. The molecule has 0 radical (unpaired) electrons. The van der Waals surface area contributed by atoms with Crippen molar-refractivity contribution in [1.29, 1.82) is 0 Å².